The SMILES string of the molecule is C[C@@H]1CCCC[C@@H]1NC(=O)COC(=O)CCCN1C(=O)c2ccccc2C1=O. The van der Waals surface area contributed by atoms with Crippen molar-refractivity contribution in [3.8, 4) is 0 Å². The van der Waals surface area contributed by atoms with Gasteiger partial charge < -0.3 is 10.1 Å². The summed E-state index contributed by atoms with van der Waals surface area (Å²) < 4.78 is 5.02. The lowest BCUT2D eigenvalue weighted by Crippen LogP contribution is -2.42. The van der Waals surface area contributed by atoms with Crippen molar-refractivity contribution in [2.45, 2.75) is 51.5 Å². The highest BCUT2D eigenvalue weighted by molar-refractivity contribution is 6.21. The highest BCUT2D eigenvalue weighted by Gasteiger charge is 2.34. The summed E-state index contributed by atoms with van der Waals surface area (Å²) in [4.78, 5) is 49.5. The summed E-state index contributed by atoms with van der Waals surface area (Å²) in [5.74, 6) is -1.03. The van der Waals surface area contributed by atoms with Gasteiger partial charge in [0.2, 0.25) is 0 Å². The van der Waals surface area contributed by atoms with E-state index < -0.39 is 5.97 Å². The number of nitrogens with zero attached hydrogens (tertiary/aromatic N) is 1. The molecule has 0 unspecified atom stereocenters. The number of imide groups is 1. The fourth-order valence-electron chi connectivity index (χ4n) is 3.82. The summed E-state index contributed by atoms with van der Waals surface area (Å²) in [6.45, 7) is 1.97. The molecule has 1 saturated carbocycles. The highest BCUT2D eigenvalue weighted by atomic mass is 16.5. The van der Waals surface area contributed by atoms with E-state index in [2.05, 4.69) is 12.2 Å². The molecule has 3 amide bonds. The Morgan fingerprint density at radius 1 is 1.11 bits per heavy atom. The third-order valence-corrected chi connectivity index (χ3v) is 5.46. The van der Waals surface area contributed by atoms with Crippen molar-refractivity contribution >= 4 is 23.7 Å². The maximum Gasteiger partial charge on any atom is 0.306 e. The normalized spacial score (nSPS) is 21.4. The Kier molecular flexibility index (Phi) is 6.44. The second-order valence-electron chi connectivity index (χ2n) is 7.51. The maximum absolute atomic E-state index is 12.2. The molecule has 7 nitrogen and oxygen atoms in total. The molecule has 0 bridgehead atoms. The van der Waals surface area contributed by atoms with Crippen LogP contribution in [0.25, 0.3) is 0 Å². The molecule has 28 heavy (non-hydrogen) atoms. The molecule has 1 heterocycles. The van der Waals surface area contributed by atoms with Gasteiger partial charge in [-0.15, -0.1) is 0 Å². The second-order valence-corrected chi connectivity index (χ2v) is 7.51. The van der Waals surface area contributed by atoms with Crippen LogP contribution >= 0.6 is 0 Å². The number of hydrogen-bond acceptors (Lipinski definition) is 5. The number of hydrogen-bond donors (Lipinski definition) is 1. The minimum Gasteiger partial charge on any atom is -0.456 e. The molecular weight excluding hydrogens is 360 g/mol. The van der Waals surface area contributed by atoms with E-state index in [1.54, 1.807) is 24.3 Å². The first-order chi connectivity index (χ1) is 13.5. The average Bonchev–Trinajstić information content (AvgIpc) is 2.93. The predicted octanol–water partition coefficient (Wildman–Crippen LogP) is 2.30. The number of carbonyl (C=O) groups excluding carboxylic acids is 4. The number of carbonyl (C=O) groups is 4. The van der Waals surface area contributed by atoms with Crippen LogP contribution in [0.2, 0.25) is 0 Å². The Morgan fingerprint density at radius 3 is 2.39 bits per heavy atom. The first-order valence-electron chi connectivity index (χ1n) is 9.87. The molecule has 0 spiro atoms. The lowest BCUT2D eigenvalue weighted by atomic mass is 9.86. The Balaban J connectivity index is 1.36. The summed E-state index contributed by atoms with van der Waals surface area (Å²) >= 11 is 0. The smallest absolute Gasteiger partial charge is 0.306 e. The molecule has 1 fully saturated rings. The Labute approximate surface area is 164 Å². The monoisotopic (exact) mass is 386 g/mol. The van der Waals surface area contributed by atoms with E-state index in [-0.39, 0.29) is 43.3 Å². The number of benzene rings is 1. The first kappa shape index (κ1) is 20.0. The quantitative estimate of drug-likeness (QED) is 0.573. The van der Waals surface area contributed by atoms with E-state index in [0.717, 1.165) is 24.2 Å². The van der Waals surface area contributed by atoms with E-state index >= 15 is 0 Å². The topological polar surface area (TPSA) is 92.8 Å². The van der Waals surface area contributed by atoms with Gasteiger partial charge in [-0.1, -0.05) is 31.9 Å². The van der Waals surface area contributed by atoms with Crippen LogP contribution in [0, 0.1) is 5.92 Å². The molecular formula is C21H26N2O5. The minimum atomic E-state index is -0.511. The van der Waals surface area contributed by atoms with Crippen molar-refractivity contribution in [1.29, 1.82) is 0 Å². The van der Waals surface area contributed by atoms with Crippen LogP contribution in [0.3, 0.4) is 0 Å². The first-order valence-corrected chi connectivity index (χ1v) is 9.87. The van der Waals surface area contributed by atoms with Crippen LogP contribution in [-0.2, 0) is 14.3 Å². The fourth-order valence-corrected chi connectivity index (χ4v) is 3.82. The van der Waals surface area contributed by atoms with Crippen molar-refractivity contribution in [1.82, 2.24) is 10.2 Å². The summed E-state index contributed by atoms with van der Waals surface area (Å²) in [6.07, 6.45) is 4.69. The van der Waals surface area contributed by atoms with Crippen LogP contribution in [0.4, 0.5) is 0 Å². The average molecular weight is 386 g/mol. The van der Waals surface area contributed by atoms with Crippen LogP contribution in [0.5, 0.6) is 0 Å². The molecule has 0 aromatic heterocycles. The highest BCUT2D eigenvalue weighted by Crippen LogP contribution is 2.24. The van der Waals surface area contributed by atoms with E-state index in [0.29, 0.717) is 23.5 Å². The number of amides is 3. The number of rotatable bonds is 7. The number of esters is 1. The van der Waals surface area contributed by atoms with Gasteiger partial charge in [-0.25, -0.2) is 0 Å². The van der Waals surface area contributed by atoms with Crippen molar-refractivity contribution < 1.29 is 23.9 Å². The molecule has 2 aliphatic rings. The van der Waals surface area contributed by atoms with Gasteiger partial charge in [-0.2, -0.15) is 0 Å². The van der Waals surface area contributed by atoms with Gasteiger partial charge in [0.25, 0.3) is 17.7 Å². The van der Waals surface area contributed by atoms with Gasteiger partial charge in [-0.05, 0) is 37.3 Å². The number of fused-ring (bicyclic) bond motifs is 1. The zero-order chi connectivity index (χ0) is 20.1. The molecule has 2 atom stereocenters. The van der Waals surface area contributed by atoms with Gasteiger partial charge in [0, 0.05) is 19.0 Å². The standard InChI is InChI=1S/C21H26N2O5/c1-14-7-2-5-10-17(14)22-18(24)13-28-19(25)11-6-12-23-20(26)15-8-3-4-9-16(15)21(23)27/h3-4,8-9,14,17H,2,5-7,10-13H2,1H3,(H,22,24)/t14-,17+/m1/s1. The molecule has 7 heteroatoms. The molecule has 1 aliphatic carbocycles. The molecule has 1 aromatic carbocycles. The predicted molar refractivity (Wildman–Crippen MR) is 102 cm³/mol. The lowest BCUT2D eigenvalue weighted by molar-refractivity contribution is -0.149. The molecule has 0 saturated heterocycles. The zero-order valence-electron chi connectivity index (χ0n) is 16.1. The number of ether oxygens (including phenoxy) is 1. The maximum atomic E-state index is 12.2. The molecule has 1 aliphatic heterocycles. The van der Waals surface area contributed by atoms with E-state index in [9.17, 15) is 19.2 Å². The zero-order valence-corrected chi connectivity index (χ0v) is 16.1. The van der Waals surface area contributed by atoms with E-state index in [1.165, 1.54) is 6.42 Å². The summed E-state index contributed by atoms with van der Waals surface area (Å²) in [7, 11) is 0. The van der Waals surface area contributed by atoms with Crippen LogP contribution in [0.15, 0.2) is 24.3 Å². The third-order valence-electron chi connectivity index (χ3n) is 5.46. The van der Waals surface area contributed by atoms with Gasteiger partial charge in [-0.3, -0.25) is 24.1 Å². The van der Waals surface area contributed by atoms with Gasteiger partial charge in [0.05, 0.1) is 11.1 Å². The molecule has 0 radical (unpaired) electrons. The van der Waals surface area contributed by atoms with Crippen molar-refractivity contribution in [3.05, 3.63) is 35.4 Å². The molecule has 1 N–H and O–H groups in total. The van der Waals surface area contributed by atoms with Crippen molar-refractivity contribution in [3.63, 3.8) is 0 Å². The summed E-state index contributed by atoms with van der Waals surface area (Å²) in [5.41, 5.74) is 0.785. The van der Waals surface area contributed by atoms with Gasteiger partial charge in [0.15, 0.2) is 6.61 Å². The molecule has 1 aromatic rings. The van der Waals surface area contributed by atoms with E-state index in [1.807, 2.05) is 0 Å². The van der Waals surface area contributed by atoms with Crippen LogP contribution in [-0.4, -0.2) is 47.8 Å². The molecule has 150 valence electrons. The van der Waals surface area contributed by atoms with E-state index in [4.69, 9.17) is 4.74 Å². The van der Waals surface area contributed by atoms with Crippen LogP contribution < -0.4 is 5.32 Å². The Morgan fingerprint density at radius 2 is 1.75 bits per heavy atom. The minimum absolute atomic E-state index is 0.0422. The Hall–Kier alpha value is -2.70. The summed E-state index contributed by atoms with van der Waals surface area (Å²) in [5, 5.41) is 2.93. The third kappa shape index (κ3) is 4.58. The van der Waals surface area contributed by atoms with Crippen molar-refractivity contribution in [2.75, 3.05) is 13.2 Å². The molecule has 3 rings (SSSR count). The lowest BCUT2D eigenvalue weighted by Gasteiger charge is -2.29. The largest absolute Gasteiger partial charge is 0.456 e. The van der Waals surface area contributed by atoms with Gasteiger partial charge >= 0.3 is 5.97 Å². The fraction of sp³-hybridized carbons (Fsp3) is 0.524. The summed E-state index contributed by atoms with van der Waals surface area (Å²) in [6, 6.07) is 6.81. The Bertz CT molecular complexity index is 741. The van der Waals surface area contributed by atoms with Crippen molar-refractivity contribution in [2.24, 2.45) is 5.92 Å². The second kappa shape index (κ2) is 8.99. The van der Waals surface area contributed by atoms with Gasteiger partial charge in [0.1, 0.15) is 0 Å². The van der Waals surface area contributed by atoms with Crippen LogP contribution in [0.1, 0.15) is 66.2 Å². The number of nitrogens with one attached hydrogen (secondary N) is 1.